The molecule has 0 spiro atoms. The Morgan fingerprint density at radius 3 is 2.61 bits per heavy atom. The summed E-state index contributed by atoms with van der Waals surface area (Å²) in [6.07, 6.45) is 9.05. The highest BCUT2D eigenvalue weighted by molar-refractivity contribution is 8.93. The first-order valence-corrected chi connectivity index (χ1v) is 6.82. The third kappa shape index (κ3) is 4.95. The zero-order valence-electron chi connectivity index (χ0n) is 11.2. The van der Waals surface area contributed by atoms with Crippen LogP contribution in [0.2, 0.25) is 0 Å². The molecule has 2 rings (SSSR count). The number of allylic oxidation sites excluding steroid dienone is 1. The monoisotopic (exact) mass is 309 g/mol. The Balaban J connectivity index is 0.00000162. The van der Waals surface area contributed by atoms with Crippen molar-refractivity contribution >= 4 is 17.0 Å². The number of hydrogen-bond donors (Lipinski definition) is 1. The Morgan fingerprint density at radius 1 is 1.17 bits per heavy atom. The maximum atomic E-state index is 3.61. The predicted octanol–water partition coefficient (Wildman–Crippen LogP) is 4.81. The van der Waals surface area contributed by atoms with E-state index >= 15 is 0 Å². The fourth-order valence-corrected chi connectivity index (χ4v) is 2.44. The summed E-state index contributed by atoms with van der Waals surface area (Å²) in [5, 5.41) is 3.61. The van der Waals surface area contributed by atoms with Crippen LogP contribution in [0.3, 0.4) is 0 Å². The van der Waals surface area contributed by atoms with Crippen LogP contribution in [0.15, 0.2) is 42.0 Å². The van der Waals surface area contributed by atoms with Crippen molar-refractivity contribution in [3.63, 3.8) is 0 Å². The van der Waals surface area contributed by atoms with Crippen molar-refractivity contribution in [1.82, 2.24) is 5.32 Å². The summed E-state index contributed by atoms with van der Waals surface area (Å²) >= 11 is 0. The van der Waals surface area contributed by atoms with Gasteiger partial charge in [-0.2, -0.15) is 0 Å². The molecule has 0 aliphatic heterocycles. The van der Waals surface area contributed by atoms with Crippen LogP contribution in [-0.2, 0) is 0 Å². The summed E-state index contributed by atoms with van der Waals surface area (Å²) in [4.78, 5) is 0. The molecule has 0 radical (unpaired) electrons. The number of rotatable bonds is 5. The van der Waals surface area contributed by atoms with E-state index in [4.69, 9.17) is 0 Å². The van der Waals surface area contributed by atoms with Crippen LogP contribution in [0.1, 0.15) is 50.6 Å². The molecule has 18 heavy (non-hydrogen) atoms. The first kappa shape index (κ1) is 15.5. The largest absolute Gasteiger partial charge is 0.310 e. The molecule has 1 aliphatic carbocycles. The van der Waals surface area contributed by atoms with Crippen LogP contribution in [0.5, 0.6) is 0 Å². The van der Waals surface area contributed by atoms with Gasteiger partial charge in [-0.3, -0.25) is 0 Å². The highest BCUT2D eigenvalue weighted by Crippen LogP contribution is 2.20. The first-order chi connectivity index (χ1) is 8.36. The molecule has 2 heteroatoms. The summed E-state index contributed by atoms with van der Waals surface area (Å²) in [5.74, 6) is 0. The Morgan fingerprint density at radius 2 is 1.94 bits per heavy atom. The molecular formula is C16H24BrN. The number of halogens is 1. The zero-order chi connectivity index (χ0) is 11.9. The third-order valence-corrected chi connectivity index (χ3v) is 3.58. The van der Waals surface area contributed by atoms with Crippen molar-refractivity contribution in [2.75, 3.05) is 6.54 Å². The maximum Gasteiger partial charge on any atom is 0.0291 e. The Labute approximate surface area is 121 Å². The quantitative estimate of drug-likeness (QED) is 0.770. The Kier molecular flexibility index (Phi) is 7.29. The molecule has 100 valence electrons. The minimum Gasteiger partial charge on any atom is -0.310 e. The summed E-state index contributed by atoms with van der Waals surface area (Å²) in [6.45, 7) is 3.34. The maximum absolute atomic E-state index is 3.61. The van der Waals surface area contributed by atoms with E-state index in [1.807, 2.05) is 0 Å². The highest BCUT2D eigenvalue weighted by atomic mass is 79.9. The minimum atomic E-state index is 0. The second-order valence-corrected chi connectivity index (χ2v) is 4.94. The minimum absolute atomic E-state index is 0. The number of hydrogen-bond acceptors (Lipinski definition) is 1. The van der Waals surface area contributed by atoms with Gasteiger partial charge in [-0.05, 0) is 51.1 Å². The van der Waals surface area contributed by atoms with Crippen LogP contribution < -0.4 is 5.32 Å². The molecule has 0 bridgehead atoms. The topological polar surface area (TPSA) is 12.0 Å². The van der Waals surface area contributed by atoms with Gasteiger partial charge >= 0.3 is 0 Å². The van der Waals surface area contributed by atoms with Crippen molar-refractivity contribution < 1.29 is 0 Å². The molecule has 1 aromatic rings. The normalized spacial score (nSPS) is 16.6. The summed E-state index contributed by atoms with van der Waals surface area (Å²) in [5.41, 5.74) is 3.04. The molecule has 0 heterocycles. The van der Waals surface area contributed by atoms with E-state index in [1.165, 1.54) is 37.7 Å². The van der Waals surface area contributed by atoms with Crippen LogP contribution in [-0.4, -0.2) is 6.54 Å². The van der Waals surface area contributed by atoms with Gasteiger partial charge in [-0.25, -0.2) is 0 Å². The zero-order valence-corrected chi connectivity index (χ0v) is 12.9. The van der Waals surface area contributed by atoms with E-state index in [-0.39, 0.29) is 17.0 Å². The molecule has 0 fully saturated rings. The molecule has 0 saturated heterocycles. The van der Waals surface area contributed by atoms with Crippen LogP contribution >= 0.6 is 17.0 Å². The van der Waals surface area contributed by atoms with Crippen molar-refractivity contribution in [2.45, 2.75) is 45.1 Å². The van der Waals surface area contributed by atoms with E-state index in [9.17, 15) is 0 Å². The fourth-order valence-electron chi connectivity index (χ4n) is 2.44. The number of nitrogens with one attached hydrogen (secondary N) is 1. The van der Waals surface area contributed by atoms with Gasteiger partial charge in [-0.1, -0.05) is 42.0 Å². The lowest BCUT2D eigenvalue weighted by atomic mass is 9.97. The third-order valence-electron chi connectivity index (χ3n) is 3.58. The molecule has 1 aromatic carbocycles. The molecule has 0 amide bonds. The smallest absolute Gasteiger partial charge is 0.0291 e. The second-order valence-electron chi connectivity index (χ2n) is 4.94. The lowest BCUT2D eigenvalue weighted by molar-refractivity contribution is 0.562. The summed E-state index contributed by atoms with van der Waals surface area (Å²) < 4.78 is 0. The predicted molar refractivity (Wildman–Crippen MR) is 84.3 cm³/mol. The van der Waals surface area contributed by atoms with Gasteiger partial charge in [-0.15, -0.1) is 17.0 Å². The van der Waals surface area contributed by atoms with Gasteiger partial charge in [0.1, 0.15) is 0 Å². The molecule has 1 nitrogen and oxygen atoms in total. The molecule has 1 aliphatic rings. The van der Waals surface area contributed by atoms with E-state index < -0.39 is 0 Å². The second kappa shape index (κ2) is 8.49. The van der Waals surface area contributed by atoms with E-state index in [0.717, 1.165) is 6.54 Å². The van der Waals surface area contributed by atoms with Crippen molar-refractivity contribution in [3.8, 4) is 0 Å². The Hall–Kier alpha value is -0.600. The van der Waals surface area contributed by atoms with E-state index in [1.54, 1.807) is 5.57 Å². The van der Waals surface area contributed by atoms with Crippen molar-refractivity contribution in [2.24, 2.45) is 0 Å². The fraction of sp³-hybridized carbons (Fsp3) is 0.500. The lowest BCUT2D eigenvalue weighted by Gasteiger charge is -2.16. The van der Waals surface area contributed by atoms with Gasteiger partial charge in [0.2, 0.25) is 0 Å². The molecule has 1 N–H and O–H groups in total. The van der Waals surface area contributed by atoms with Crippen LogP contribution in [0.25, 0.3) is 0 Å². The van der Waals surface area contributed by atoms with Crippen LogP contribution in [0.4, 0.5) is 0 Å². The molecule has 0 saturated carbocycles. The Bertz CT molecular complexity index is 359. The SMILES string of the molecule is Br.CC(NCCC1=CCCCC1)c1ccccc1. The van der Waals surface area contributed by atoms with Gasteiger partial charge in [0.25, 0.3) is 0 Å². The van der Waals surface area contributed by atoms with Crippen LogP contribution in [0, 0.1) is 0 Å². The van der Waals surface area contributed by atoms with Gasteiger partial charge in [0.15, 0.2) is 0 Å². The lowest BCUT2D eigenvalue weighted by Crippen LogP contribution is -2.20. The highest BCUT2D eigenvalue weighted by Gasteiger charge is 2.06. The molecule has 1 unspecified atom stereocenters. The van der Waals surface area contributed by atoms with Crippen molar-refractivity contribution in [1.29, 1.82) is 0 Å². The molecular weight excluding hydrogens is 286 g/mol. The molecule has 1 atom stereocenters. The average molecular weight is 310 g/mol. The summed E-state index contributed by atoms with van der Waals surface area (Å²) in [7, 11) is 0. The summed E-state index contributed by atoms with van der Waals surface area (Å²) in [6, 6.07) is 11.1. The van der Waals surface area contributed by atoms with E-state index in [2.05, 4.69) is 48.6 Å². The average Bonchev–Trinajstić information content (AvgIpc) is 2.41. The first-order valence-electron chi connectivity index (χ1n) is 6.82. The standard InChI is InChI=1S/C16H23N.BrH/c1-14(16-10-6-3-7-11-16)17-13-12-15-8-4-2-5-9-15;/h3,6-8,10-11,14,17H,2,4-5,9,12-13H2,1H3;1H. The van der Waals surface area contributed by atoms with Crippen molar-refractivity contribution in [3.05, 3.63) is 47.5 Å². The van der Waals surface area contributed by atoms with E-state index in [0.29, 0.717) is 6.04 Å². The number of benzene rings is 1. The molecule has 0 aromatic heterocycles. The van der Waals surface area contributed by atoms with Gasteiger partial charge in [0, 0.05) is 6.04 Å². The van der Waals surface area contributed by atoms with Gasteiger partial charge < -0.3 is 5.32 Å². The van der Waals surface area contributed by atoms with Gasteiger partial charge in [0.05, 0.1) is 0 Å².